The smallest absolute Gasteiger partial charge is 0.194 e. The highest BCUT2D eigenvalue weighted by Crippen LogP contribution is 2.33. The van der Waals surface area contributed by atoms with Crippen LogP contribution < -0.4 is 10.3 Å². The van der Waals surface area contributed by atoms with Crippen LogP contribution in [0.1, 0.15) is 0 Å². The number of thiazole rings is 1. The van der Waals surface area contributed by atoms with Crippen LogP contribution in [0.25, 0.3) is 27.3 Å². The van der Waals surface area contributed by atoms with Gasteiger partial charge in [0, 0.05) is 49.4 Å². The Bertz CT molecular complexity index is 1310. The van der Waals surface area contributed by atoms with Gasteiger partial charge in [-0.1, -0.05) is 30.3 Å². The fourth-order valence-electron chi connectivity index (χ4n) is 3.92. The first-order valence-electron chi connectivity index (χ1n) is 10.0. The van der Waals surface area contributed by atoms with E-state index in [9.17, 15) is 9.18 Å². The second-order valence-electron chi connectivity index (χ2n) is 7.64. The molecule has 0 saturated carbocycles. The summed E-state index contributed by atoms with van der Waals surface area (Å²) in [5, 5.41) is 2.41. The molecule has 158 valence electrons. The average molecular weight is 439 g/mol. The molecule has 0 N–H and O–H groups in total. The van der Waals surface area contributed by atoms with E-state index in [2.05, 4.69) is 9.88 Å². The number of aromatic nitrogens is 2. The Kier molecular flexibility index (Phi) is 5.03. The SMILES string of the molecule is CN1CCN(c2c(F)cc3c(=O)ccn(-c4nc(-c5ccccc5)cs4)c3c2F)CC1. The Balaban J connectivity index is 1.68. The highest BCUT2D eigenvalue weighted by atomic mass is 32.1. The standard InChI is InChI=1S/C23H20F2N4OS/c1-27-9-11-28(12-10-27)22-17(24)13-16-19(30)7-8-29(21(16)20(22)25)23-26-18(14-31-23)15-5-3-2-4-6-15/h2-8,13-14H,9-12H2,1H3. The summed E-state index contributed by atoms with van der Waals surface area (Å²) in [6.07, 6.45) is 1.51. The summed E-state index contributed by atoms with van der Waals surface area (Å²) < 4.78 is 32.3. The number of likely N-dealkylation sites (N-methyl/N-ethyl adjacent to an activating group) is 1. The van der Waals surface area contributed by atoms with Gasteiger partial charge in [0.2, 0.25) is 0 Å². The number of rotatable bonds is 3. The van der Waals surface area contributed by atoms with Crippen LogP contribution in [-0.2, 0) is 0 Å². The van der Waals surface area contributed by atoms with E-state index in [1.807, 2.05) is 42.8 Å². The summed E-state index contributed by atoms with van der Waals surface area (Å²) in [7, 11) is 1.98. The van der Waals surface area contributed by atoms with Crippen molar-refractivity contribution >= 4 is 27.9 Å². The van der Waals surface area contributed by atoms with Crippen molar-refractivity contribution < 1.29 is 8.78 Å². The Morgan fingerprint density at radius 2 is 1.77 bits per heavy atom. The molecule has 31 heavy (non-hydrogen) atoms. The molecular weight excluding hydrogens is 418 g/mol. The lowest BCUT2D eigenvalue weighted by Gasteiger charge is -2.34. The molecule has 0 amide bonds. The molecule has 0 spiro atoms. The minimum Gasteiger partial charge on any atom is -0.364 e. The molecule has 1 aliphatic rings. The number of fused-ring (bicyclic) bond motifs is 1. The van der Waals surface area contributed by atoms with Crippen LogP contribution in [0.4, 0.5) is 14.5 Å². The second kappa shape index (κ2) is 7.86. The average Bonchev–Trinajstić information content (AvgIpc) is 3.26. The third-order valence-electron chi connectivity index (χ3n) is 5.64. The molecule has 1 aliphatic heterocycles. The number of pyridine rings is 1. The van der Waals surface area contributed by atoms with Gasteiger partial charge in [0.15, 0.2) is 16.4 Å². The molecule has 5 nitrogen and oxygen atoms in total. The molecule has 8 heteroatoms. The maximum atomic E-state index is 15.8. The Morgan fingerprint density at radius 3 is 2.52 bits per heavy atom. The Hall–Kier alpha value is -3.10. The number of nitrogens with zero attached hydrogens (tertiary/aromatic N) is 4. The number of benzene rings is 2. The van der Waals surface area contributed by atoms with Crippen molar-refractivity contribution in [3.63, 3.8) is 0 Å². The van der Waals surface area contributed by atoms with E-state index in [1.54, 1.807) is 9.47 Å². The maximum absolute atomic E-state index is 15.8. The van der Waals surface area contributed by atoms with E-state index in [0.29, 0.717) is 31.3 Å². The zero-order chi connectivity index (χ0) is 21.5. The van der Waals surface area contributed by atoms with Crippen LogP contribution >= 0.6 is 11.3 Å². The predicted octanol–water partition coefficient (Wildman–Crippen LogP) is 4.14. The zero-order valence-corrected chi connectivity index (χ0v) is 17.7. The van der Waals surface area contributed by atoms with Gasteiger partial charge in [-0.25, -0.2) is 13.8 Å². The van der Waals surface area contributed by atoms with Crippen molar-refractivity contribution in [1.82, 2.24) is 14.5 Å². The number of anilines is 1. The first kappa shape index (κ1) is 19.8. The van der Waals surface area contributed by atoms with Crippen LogP contribution in [-0.4, -0.2) is 47.7 Å². The van der Waals surface area contributed by atoms with Crippen molar-refractivity contribution in [2.45, 2.75) is 0 Å². The zero-order valence-electron chi connectivity index (χ0n) is 16.9. The highest BCUT2D eigenvalue weighted by Gasteiger charge is 2.25. The number of hydrogen-bond acceptors (Lipinski definition) is 5. The van der Waals surface area contributed by atoms with Gasteiger partial charge in [-0.3, -0.25) is 9.36 Å². The summed E-state index contributed by atoms with van der Waals surface area (Å²) in [6.45, 7) is 2.46. The van der Waals surface area contributed by atoms with E-state index >= 15 is 4.39 Å². The third kappa shape index (κ3) is 3.51. The van der Waals surface area contributed by atoms with Crippen LogP contribution in [0.3, 0.4) is 0 Å². The molecule has 5 rings (SSSR count). The predicted molar refractivity (Wildman–Crippen MR) is 120 cm³/mol. The van der Waals surface area contributed by atoms with Crippen molar-refractivity contribution in [3.05, 3.63) is 75.9 Å². The van der Waals surface area contributed by atoms with Crippen LogP contribution in [0.15, 0.2) is 58.8 Å². The molecule has 0 atom stereocenters. The number of halogens is 2. The topological polar surface area (TPSA) is 41.4 Å². The highest BCUT2D eigenvalue weighted by molar-refractivity contribution is 7.12. The third-order valence-corrected chi connectivity index (χ3v) is 6.48. The molecule has 3 heterocycles. The summed E-state index contributed by atoms with van der Waals surface area (Å²) in [5.74, 6) is -1.44. The van der Waals surface area contributed by atoms with E-state index < -0.39 is 17.1 Å². The monoisotopic (exact) mass is 438 g/mol. The lowest BCUT2D eigenvalue weighted by Crippen LogP contribution is -2.45. The second-order valence-corrected chi connectivity index (χ2v) is 8.48. The van der Waals surface area contributed by atoms with E-state index in [-0.39, 0.29) is 16.6 Å². The van der Waals surface area contributed by atoms with Crippen molar-refractivity contribution in [2.75, 3.05) is 38.1 Å². The van der Waals surface area contributed by atoms with Crippen molar-refractivity contribution in [3.8, 4) is 16.4 Å². The Labute approximate surface area is 181 Å². The quantitative estimate of drug-likeness (QED) is 0.482. The van der Waals surface area contributed by atoms with E-state index in [0.717, 1.165) is 17.3 Å². The van der Waals surface area contributed by atoms with Crippen LogP contribution in [0.5, 0.6) is 0 Å². The Morgan fingerprint density at radius 1 is 1.03 bits per heavy atom. The molecule has 0 radical (unpaired) electrons. The molecule has 0 aliphatic carbocycles. The lowest BCUT2D eigenvalue weighted by molar-refractivity contribution is 0.310. The molecule has 1 fully saturated rings. The van der Waals surface area contributed by atoms with Crippen LogP contribution in [0.2, 0.25) is 0 Å². The number of hydrogen-bond donors (Lipinski definition) is 0. The first-order valence-corrected chi connectivity index (χ1v) is 10.9. The molecule has 2 aromatic carbocycles. The number of piperazine rings is 1. The van der Waals surface area contributed by atoms with E-state index in [1.165, 1.54) is 23.6 Å². The van der Waals surface area contributed by atoms with Crippen molar-refractivity contribution in [1.29, 1.82) is 0 Å². The van der Waals surface area contributed by atoms with Gasteiger partial charge in [-0.2, -0.15) is 0 Å². The fourth-order valence-corrected chi connectivity index (χ4v) is 4.75. The van der Waals surface area contributed by atoms with Crippen LogP contribution in [0, 0.1) is 11.6 Å². The van der Waals surface area contributed by atoms with Gasteiger partial charge in [-0.05, 0) is 13.1 Å². The normalized spacial score (nSPS) is 15.0. The minimum atomic E-state index is -0.728. The fraction of sp³-hybridized carbons (Fsp3) is 0.217. The van der Waals surface area contributed by atoms with Gasteiger partial charge in [0.25, 0.3) is 0 Å². The van der Waals surface area contributed by atoms with Gasteiger partial charge in [-0.15, -0.1) is 11.3 Å². The summed E-state index contributed by atoms with van der Waals surface area (Å²) in [6, 6.07) is 12.1. The molecule has 1 saturated heterocycles. The summed E-state index contributed by atoms with van der Waals surface area (Å²) in [4.78, 5) is 20.9. The first-order chi connectivity index (χ1) is 15.0. The summed E-state index contributed by atoms with van der Waals surface area (Å²) in [5.41, 5.74) is 1.25. The van der Waals surface area contributed by atoms with Gasteiger partial charge >= 0.3 is 0 Å². The van der Waals surface area contributed by atoms with E-state index in [4.69, 9.17) is 0 Å². The minimum absolute atomic E-state index is 0.00633. The molecule has 0 unspecified atom stereocenters. The molecule has 0 bridgehead atoms. The van der Waals surface area contributed by atoms with Gasteiger partial charge in [0.05, 0.1) is 16.6 Å². The largest absolute Gasteiger partial charge is 0.364 e. The molecular formula is C23H20F2N4OS. The van der Waals surface area contributed by atoms with Crippen molar-refractivity contribution in [2.24, 2.45) is 0 Å². The lowest BCUT2D eigenvalue weighted by atomic mass is 10.1. The summed E-state index contributed by atoms with van der Waals surface area (Å²) >= 11 is 1.34. The molecule has 4 aromatic rings. The van der Waals surface area contributed by atoms with Gasteiger partial charge in [0.1, 0.15) is 11.5 Å². The maximum Gasteiger partial charge on any atom is 0.194 e. The van der Waals surface area contributed by atoms with Gasteiger partial charge < -0.3 is 9.80 Å². The molecule has 2 aromatic heterocycles.